The number of aryl methyl sites for hydroxylation is 1. The maximum atomic E-state index is 12.6. The van der Waals surface area contributed by atoms with E-state index >= 15 is 0 Å². The Balaban J connectivity index is 2.15. The molecule has 0 fully saturated rings. The third-order valence-corrected chi connectivity index (χ3v) is 5.41. The van der Waals surface area contributed by atoms with Gasteiger partial charge in [0.15, 0.2) is 0 Å². The van der Waals surface area contributed by atoms with Crippen molar-refractivity contribution in [2.75, 3.05) is 24.6 Å². The number of hydrazine groups is 2. The van der Waals surface area contributed by atoms with Crippen LogP contribution < -0.4 is 16.0 Å². The number of hydrogen-bond acceptors (Lipinski definition) is 6. The lowest BCUT2D eigenvalue weighted by atomic mass is 9.72. The smallest absolute Gasteiger partial charge is 0.312 e. The summed E-state index contributed by atoms with van der Waals surface area (Å²) in [6, 6.07) is 10.1. The molecule has 3 rings (SSSR count). The molecule has 1 aromatic heterocycles. The van der Waals surface area contributed by atoms with Crippen molar-refractivity contribution in [3.8, 4) is 0 Å². The average molecular weight is 389 g/mol. The van der Waals surface area contributed by atoms with Gasteiger partial charge in [0.25, 0.3) is 0 Å². The molecule has 2 N–H and O–H groups in total. The summed E-state index contributed by atoms with van der Waals surface area (Å²) >= 11 is 6.07. The summed E-state index contributed by atoms with van der Waals surface area (Å²) in [4.78, 5) is 17.4. The minimum atomic E-state index is -0.813. The Morgan fingerprint density at radius 1 is 1.33 bits per heavy atom. The van der Waals surface area contributed by atoms with Crippen molar-refractivity contribution in [3.05, 3.63) is 52.8 Å². The van der Waals surface area contributed by atoms with E-state index in [1.807, 2.05) is 63.2 Å². The summed E-state index contributed by atoms with van der Waals surface area (Å²) in [6.07, 6.45) is 0. The van der Waals surface area contributed by atoms with Crippen molar-refractivity contribution in [2.45, 2.75) is 32.6 Å². The number of carbonyl (C=O) groups excluding carboxylic acids is 1. The number of benzene rings is 1. The molecule has 6 nitrogen and oxygen atoms in total. The second-order valence-electron chi connectivity index (χ2n) is 7.35. The minimum absolute atomic E-state index is 0.286. The Labute approximate surface area is 164 Å². The van der Waals surface area contributed by atoms with Gasteiger partial charge in [-0.1, -0.05) is 12.1 Å². The van der Waals surface area contributed by atoms with Crippen molar-refractivity contribution in [1.82, 2.24) is 10.5 Å². The monoisotopic (exact) mass is 388 g/mol. The van der Waals surface area contributed by atoms with E-state index in [4.69, 9.17) is 21.3 Å². The predicted molar refractivity (Wildman–Crippen MR) is 108 cm³/mol. The van der Waals surface area contributed by atoms with Crippen LogP contribution >= 0.6 is 11.6 Å². The zero-order valence-corrected chi connectivity index (χ0v) is 17.0. The van der Waals surface area contributed by atoms with Crippen molar-refractivity contribution >= 4 is 28.9 Å². The molecule has 0 saturated heterocycles. The highest BCUT2D eigenvalue weighted by molar-refractivity contribution is 6.17. The minimum Gasteiger partial charge on any atom is -0.469 e. The number of carbonyl (C=O) groups is 1. The number of halogens is 1. The Morgan fingerprint density at radius 2 is 2.07 bits per heavy atom. The Kier molecular flexibility index (Phi) is 5.31. The Bertz CT molecular complexity index is 869. The summed E-state index contributed by atoms with van der Waals surface area (Å²) in [5.41, 5.74) is 11.0. The molecule has 0 bridgehead atoms. The number of nitrogens with zero attached hydrogens (tertiary/aromatic N) is 2. The lowest BCUT2D eigenvalue weighted by Crippen LogP contribution is -2.34. The van der Waals surface area contributed by atoms with Crippen molar-refractivity contribution < 1.29 is 9.53 Å². The molecular formula is C20H25ClN4O2. The number of ether oxygens (including phenoxy) is 1. The van der Waals surface area contributed by atoms with Crippen LogP contribution in [0.1, 0.15) is 42.3 Å². The standard InChI is InChI=1S/C20H25ClN4O2/c1-12-6-8-14(22-16(12)11-21)18(20(2,3)19(26)27-5)13-7-9-17-15(10-13)23-24-25(17)4/h6-10,18,23-24H,11H2,1-5H3. The number of methoxy groups -OCH3 is 1. The summed E-state index contributed by atoms with van der Waals surface area (Å²) in [5, 5.41) is 1.90. The van der Waals surface area contributed by atoms with Gasteiger partial charge < -0.3 is 10.2 Å². The van der Waals surface area contributed by atoms with Crippen molar-refractivity contribution in [2.24, 2.45) is 5.41 Å². The third-order valence-electron chi connectivity index (χ3n) is 5.15. The zero-order valence-electron chi connectivity index (χ0n) is 16.3. The van der Waals surface area contributed by atoms with Gasteiger partial charge in [0.05, 0.1) is 35.5 Å². The van der Waals surface area contributed by atoms with Gasteiger partial charge in [-0.15, -0.1) is 17.1 Å². The van der Waals surface area contributed by atoms with Gasteiger partial charge in [0, 0.05) is 18.7 Å². The topological polar surface area (TPSA) is 66.5 Å². The highest BCUT2D eigenvalue weighted by Gasteiger charge is 2.41. The molecule has 2 aromatic rings. The van der Waals surface area contributed by atoms with Crippen LogP contribution in [0.3, 0.4) is 0 Å². The second kappa shape index (κ2) is 7.37. The van der Waals surface area contributed by atoms with E-state index in [0.717, 1.165) is 33.9 Å². The molecule has 27 heavy (non-hydrogen) atoms. The molecule has 1 aromatic carbocycles. The van der Waals surface area contributed by atoms with Crippen LogP contribution in [0.25, 0.3) is 0 Å². The van der Waals surface area contributed by atoms with E-state index in [1.54, 1.807) is 0 Å². The number of rotatable bonds is 5. The number of alkyl halides is 1. The first-order chi connectivity index (χ1) is 12.8. The van der Waals surface area contributed by atoms with Crippen LogP contribution in [0, 0.1) is 12.3 Å². The molecule has 0 spiro atoms. The largest absolute Gasteiger partial charge is 0.469 e. The Hall–Kier alpha value is -2.31. The maximum Gasteiger partial charge on any atom is 0.312 e. The fourth-order valence-corrected chi connectivity index (χ4v) is 3.82. The first-order valence-corrected chi connectivity index (χ1v) is 9.33. The fraction of sp³-hybridized carbons (Fsp3) is 0.400. The number of hydrogen-bond donors (Lipinski definition) is 2. The number of pyridine rings is 1. The first kappa shape index (κ1) is 19.5. The molecule has 0 radical (unpaired) electrons. The van der Waals surface area contributed by atoms with Gasteiger partial charge >= 0.3 is 5.97 Å². The van der Waals surface area contributed by atoms with E-state index in [1.165, 1.54) is 7.11 Å². The molecule has 1 aliphatic rings. The molecule has 1 unspecified atom stereocenters. The summed E-state index contributed by atoms with van der Waals surface area (Å²) in [5.74, 6) is -0.248. The SMILES string of the molecule is COC(=O)C(C)(C)C(c1ccc2c(c1)NNN2C)c1ccc(C)c(CCl)n1. The molecule has 0 amide bonds. The molecule has 1 aliphatic heterocycles. The van der Waals surface area contributed by atoms with Gasteiger partial charge in [-0.2, -0.15) is 0 Å². The molecule has 0 aliphatic carbocycles. The molecule has 7 heteroatoms. The quantitative estimate of drug-likeness (QED) is 0.600. The van der Waals surface area contributed by atoms with Gasteiger partial charge in [0.1, 0.15) is 0 Å². The van der Waals surface area contributed by atoms with E-state index in [9.17, 15) is 4.79 Å². The van der Waals surface area contributed by atoms with Gasteiger partial charge in [-0.3, -0.25) is 14.8 Å². The molecule has 2 heterocycles. The molecule has 1 atom stereocenters. The van der Waals surface area contributed by atoms with E-state index in [0.29, 0.717) is 5.88 Å². The van der Waals surface area contributed by atoms with Gasteiger partial charge in [-0.25, -0.2) is 0 Å². The molecule has 144 valence electrons. The first-order valence-electron chi connectivity index (χ1n) is 8.79. The van der Waals surface area contributed by atoms with Crippen LogP contribution in [0.2, 0.25) is 0 Å². The van der Waals surface area contributed by atoms with Crippen LogP contribution in [-0.2, 0) is 15.4 Å². The number of esters is 1. The average Bonchev–Trinajstić information content (AvgIpc) is 3.02. The van der Waals surface area contributed by atoms with Crippen molar-refractivity contribution in [3.63, 3.8) is 0 Å². The maximum absolute atomic E-state index is 12.6. The zero-order chi connectivity index (χ0) is 19.8. The van der Waals surface area contributed by atoms with E-state index < -0.39 is 5.41 Å². The number of nitrogens with one attached hydrogen (secondary N) is 2. The second-order valence-corrected chi connectivity index (χ2v) is 7.62. The summed E-state index contributed by atoms with van der Waals surface area (Å²) in [6.45, 7) is 5.75. The van der Waals surface area contributed by atoms with Crippen LogP contribution in [0.4, 0.5) is 11.4 Å². The molecule has 0 saturated carbocycles. The van der Waals surface area contributed by atoms with E-state index in [2.05, 4.69) is 11.0 Å². The number of fused-ring (bicyclic) bond motifs is 1. The number of aromatic nitrogens is 1. The van der Waals surface area contributed by atoms with Crippen LogP contribution in [0.15, 0.2) is 30.3 Å². The lowest BCUT2D eigenvalue weighted by Gasteiger charge is -2.32. The predicted octanol–water partition coefficient (Wildman–Crippen LogP) is 3.74. The van der Waals surface area contributed by atoms with Crippen LogP contribution in [0.5, 0.6) is 0 Å². The van der Waals surface area contributed by atoms with Gasteiger partial charge in [0.2, 0.25) is 0 Å². The lowest BCUT2D eigenvalue weighted by molar-refractivity contribution is -0.151. The molecular weight excluding hydrogens is 364 g/mol. The van der Waals surface area contributed by atoms with E-state index in [-0.39, 0.29) is 11.9 Å². The summed E-state index contributed by atoms with van der Waals surface area (Å²) < 4.78 is 5.10. The highest BCUT2D eigenvalue weighted by Crippen LogP contribution is 2.43. The van der Waals surface area contributed by atoms with Crippen LogP contribution in [-0.4, -0.2) is 25.1 Å². The summed E-state index contributed by atoms with van der Waals surface area (Å²) in [7, 11) is 3.35. The van der Waals surface area contributed by atoms with Gasteiger partial charge in [-0.05, 0) is 50.1 Å². The third kappa shape index (κ3) is 3.47. The highest BCUT2D eigenvalue weighted by atomic mass is 35.5. The normalized spacial score (nSPS) is 14.5. The number of anilines is 2. The fourth-order valence-electron chi connectivity index (χ4n) is 3.55. The van der Waals surface area contributed by atoms with Crippen molar-refractivity contribution in [1.29, 1.82) is 0 Å². The Morgan fingerprint density at radius 3 is 2.74 bits per heavy atom.